The van der Waals surface area contributed by atoms with Gasteiger partial charge in [-0.2, -0.15) is 0 Å². The van der Waals surface area contributed by atoms with Crippen molar-refractivity contribution < 1.29 is 0 Å². The van der Waals surface area contributed by atoms with Gasteiger partial charge in [0.1, 0.15) is 0 Å². The topological polar surface area (TPSA) is 17.8 Å². The molecule has 84 valence electrons. The fraction of sp³-hybridized carbons (Fsp3) is 0.133. The molecule has 0 atom stereocenters. The number of nitrogens with zero attached hydrogens (tertiary/aromatic N) is 2. The normalized spacial score (nSPS) is 10.9. The van der Waals surface area contributed by atoms with Crippen LogP contribution in [0.4, 0.5) is 0 Å². The lowest BCUT2D eigenvalue weighted by atomic mass is 10.0. The second kappa shape index (κ2) is 3.74. The van der Waals surface area contributed by atoms with Gasteiger partial charge in [-0.25, -0.2) is 4.98 Å². The van der Waals surface area contributed by atoms with Gasteiger partial charge in [0.05, 0.1) is 17.4 Å². The Bertz CT molecular complexity index is 663. The molecule has 1 heterocycles. The molecule has 0 N–H and O–H groups in total. The molecular formula is C15H14N2. The number of aryl methyl sites for hydroxylation is 2. The summed E-state index contributed by atoms with van der Waals surface area (Å²) in [6.45, 7) is 2.10. The summed E-state index contributed by atoms with van der Waals surface area (Å²) in [5.41, 5.74) is 5.94. The number of benzene rings is 2. The summed E-state index contributed by atoms with van der Waals surface area (Å²) in [7, 11) is 2.02. The molecule has 1 aromatic heterocycles. The Kier molecular flexibility index (Phi) is 2.22. The van der Waals surface area contributed by atoms with Gasteiger partial charge in [-0.15, -0.1) is 0 Å². The van der Waals surface area contributed by atoms with Gasteiger partial charge in [-0.05, 0) is 18.6 Å². The molecular weight excluding hydrogens is 208 g/mol. The Morgan fingerprint density at radius 1 is 1.00 bits per heavy atom. The highest BCUT2D eigenvalue weighted by molar-refractivity contribution is 5.92. The van der Waals surface area contributed by atoms with E-state index in [-0.39, 0.29) is 0 Å². The second-order valence-corrected chi connectivity index (χ2v) is 4.39. The molecule has 0 aliphatic rings. The van der Waals surface area contributed by atoms with Crippen molar-refractivity contribution in [1.29, 1.82) is 0 Å². The monoisotopic (exact) mass is 222 g/mol. The van der Waals surface area contributed by atoms with Crippen LogP contribution in [0.15, 0.2) is 48.8 Å². The molecule has 17 heavy (non-hydrogen) atoms. The molecule has 0 aliphatic carbocycles. The standard InChI is InChI=1S/C15H14N2/c1-11-6-8-12(9-7-11)13-4-3-5-14-15(13)16-10-17(14)2/h3-10H,1-2H3. The maximum Gasteiger partial charge on any atom is 0.0962 e. The van der Waals surface area contributed by atoms with Crippen molar-refractivity contribution >= 4 is 11.0 Å². The highest BCUT2D eigenvalue weighted by atomic mass is 15.0. The lowest BCUT2D eigenvalue weighted by Gasteiger charge is -2.04. The Hall–Kier alpha value is -2.09. The lowest BCUT2D eigenvalue weighted by Crippen LogP contribution is -1.85. The molecule has 2 heteroatoms. The van der Waals surface area contributed by atoms with Crippen LogP contribution in [0.2, 0.25) is 0 Å². The van der Waals surface area contributed by atoms with Crippen LogP contribution in [-0.4, -0.2) is 9.55 Å². The van der Waals surface area contributed by atoms with Crippen molar-refractivity contribution in [3.05, 3.63) is 54.4 Å². The Morgan fingerprint density at radius 3 is 2.53 bits per heavy atom. The van der Waals surface area contributed by atoms with E-state index in [0.717, 1.165) is 5.52 Å². The first-order chi connectivity index (χ1) is 8.25. The molecule has 0 amide bonds. The van der Waals surface area contributed by atoms with Crippen LogP contribution in [0.1, 0.15) is 5.56 Å². The molecule has 3 aromatic rings. The third-order valence-corrected chi connectivity index (χ3v) is 3.12. The van der Waals surface area contributed by atoms with Crippen LogP contribution in [0.25, 0.3) is 22.2 Å². The van der Waals surface area contributed by atoms with Crippen LogP contribution in [-0.2, 0) is 7.05 Å². The van der Waals surface area contributed by atoms with Crippen LogP contribution in [0.5, 0.6) is 0 Å². The maximum absolute atomic E-state index is 4.48. The van der Waals surface area contributed by atoms with Crippen molar-refractivity contribution in [2.24, 2.45) is 7.05 Å². The Labute approximate surface area is 101 Å². The summed E-state index contributed by atoms with van der Waals surface area (Å²) in [5.74, 6) is 0. The van der Waals surface area contributed by atoms with Crippen LogP contribution in [0.3, 0.4) is 0 Å². The first kappa shape index (κ1) is 10.1. The highest BCUT2D eigenvalue weighted by Crippen LogP contribution is 2.27. The average molecular weight is 222 g/mol. The number of rotatable bonds is 1. The highest BCUT2D eigenvalue weighted by Gasteiger charge is 2.06. The van der Waals surface area contributed by atoms with Crippen molar-refractivity contribution in [2.75, 3.05) is 0 Å². The van der Waals surface area contributed by atoms with E-state index in [9.17, 15) is 0 Å². The number of hydrogen-bond acceptors (Lipinski definition) is 1. The number of para-hydroxylation sites is 1. The fourth-order valence-corrected chi connectivity index (χ4v) is 2.12. The largest absolute Gasteiger partial charge is 0.334 e. The summed E-state index contributed by atoms with van der Waals surface area (Å²) in [6.07, 6.45) is 1.86. The summed E-state index contributed by atoms with van der Waals surface area (Å²) in [6, 6.07) is 14.9. The third-order valence-electron chi connectivity index (χ3n) is 3.12. The van der Waals surface area contributed by atoms with E-state index in [1.807, 2.05) is 17.9 Å². The van der Waals surface area contributed by atoms with Crippen LogP contribution in [0, 0.1) is 6.92 Å². The molecule has 2 aromatic carbocycles. The molecule has 0 aliphatic heterocycles. The minimum Gasteiger partial charge on any atom is -0.334 e. The van der Waals surface area contributed by atoms with Gasteiger partial charge in [-0.3, -0.25) is 0 Å². The molecule has 0 spiro atoms. The average Bonchev–Trinajstić information content (AvgIpc) is 2.73. The second-order valence-electron chi connectivity index (χ2n) is 4.39. The zero-order chi connectivity index (χ0) is 11.8. The number of hydrogen-bond donors (Lipinski definition) is 0. The quantitative estimate of drug-likeness (QED) is 0.615. The first-order valence-corrected chi connectivity index (χ1v) is 5.73. The van der Waals surface area contributed by atoms with Gasteiger partial charge < -0.3 is 4.57 Å². The molecule has 0 saturated heterocycles. The smallest absolute Gasteiger partial charge is 0.0962 e. The Morgan fingerprint density at radius 2 is 1.76 bits per heavy atom. The zero-order valence-corrected chi connectivity index (χ0v) is 10.0. The van der Waals surface area contributed by atoms with Crippen molar-refractivity contribution in [1.82, 2.24) is 9.55 Å². The number of fused-ring (bicyclic) bond motifs is 1. The van der Waals surface area contributed by atoms with Crippen LogP contribution < -0.4 is 0 Å². The molecule has 0 unspecified atom stereocenters. The number of aromatic nitrogens is 2. The van der Waals surface area contributed by atoms with Gasteiger partial charge in [0.15, 0.2) is 0 Å². The first-order valence-electron chi connectivity index (χ1n) is 5.73. The summed E-state index contributed by atoms with van der Waals surface area (Å²) in [5, 5.41) is 0. The minimum absolute atomic E-state index is 1.07. The minimum atomic E-state index is 1.07. The SMILES string of the molecule is Cc1ccc(-c2cccc3c2ncn3C)cc1. The van der Waals surface area contributed by atoms with Gasteiger partial charge in [0, 0.05) is 12.6 Å². The van der Waals surface area contributed by atoms with E-state index < -0.39 is 0 Å². The van der Waals surface area contributed by atoms with E-state index in [1.54, 1.807) is 0 Å². The van der Waals surface area contributed by atoms with Gasteiger partial charge in [0.2, 0.25) is 0 Å². The van der Waals surface area contributed by atoms with E-state index in [0.29, 0.717) is 0 Å². The van der Waals surface area contributed by atoms with Crippen molar-refractivity contribution in [3.63, 3.8) is 0 Å². The van der Waals surface area contributed by atoms with Gasteiger partial charge in [-0.1, -0.05) is 42.0 Å². The third kappa shape index (κ3) is 1.62. The van der Waals surface area contributed by atoms with Gasteiger partial charge in [0.25, 0.3) is 0 Å². The van der Waals surface area contributed by atoms with Crippen molar-refractivity contribution in [2.45, 2.75) is 6.92 Å². The van der Waals surface area contributed by atoms with E-state index in [1.165, 1.54) is 22.2 Å². The van der Waals surface area contributed by atoms with E-state index in [2.05, 4.69) is 54.4 Å². The molecule has 3 rings (SSSR count). The Balaban J connectivity index is 2.26. The molecule has 0 saturated carbocycles. The zero-order valence-electron chi connectivity index (χ0n) is 10.0. The molecule has 2 nitrogen and oxygen atoms in total. The van der Waals surface area contributed by atoms with Gasteiger partial charge >= 0.3 is 0 Å². The molecule has 0 radical (unpaired) electrons. The predicted molar refractivity (Wildman–Crippen MR) is 70.9 cm³/mol. The van der Waals surface area contributed by atoms with Crippen LogP contribution >= 0.6 is 0 Å². The molecule has 0 fully saturated rings. The summed E-state index contributed by atoms with van der Waals surface area (Å²) >= 11 is 0. The van der Waals surface area contributed by atoms with E-state index in [4.69, 9.17) is 0 Å². The maximum atomic E-state index is 4.48. The van der Waals surface area contributed by atoms with Crippen molar-refractivity contribution in [3.8, 4) is 11.1 Å². The molecule has 0 bridgehead atoms. The summed E-state index contributed by atoms with van der Waals surface area (Å²) < 4.78 is 2.05. The fourth-order valence-electron chi connectivity index (χ4n) is 2.12. The lowest BCUT2D eigenvalue weighted by molar-refractivity contribution is 0.948. The summed E-state index contributed by atoms with van der Waals surface area (Å²) in [4.78, 5) is 4.48. The predicted octanol–water partition coefficient (Wildman–Crippen LogP) is 3.55. The number of imidazole rings is 1. The van der Waals surface area contributed by atoms with E-state index >= 15 is 0 Å².